The van der Waals surface area contributed by atoms with E-state index in [9.17, 15) is 14.7 Å². The molecule has 0 saturated carbocycles. The lowest BCUT2D eigenvalue weighted by Gasteiger charge is -2.14. The Morgan fingerprint density at radius 3 is 2.74 bits per heavy atom. The van der Waals surface area contributed by atoms with Crippen LogP contribution in [-0.2, 0) is 16.0 Å². The van der Waals surface area contributed by atoms with Crippen LogP contribution in [0.4, 0.5) is 0 Å². The number of carbonyl (C=O) groups excluding carboxylic acids is 1. The van der Waals surface area contributed by atoms with Crippen LogP contribution in [0, 0.1) is 0 Å². The smallest absolute Gasteiger partial charge is 0.326 e. The van der Waals surface area contributed by atoms with Gasteiger partial charge in [-0.25, -0.2) is 4.79 Å². The Morgan fingerprint density at radius 2 is 1.97 bits per heavy atom. The molecule has 0 aliphatic heterocycles. The highest BCUT2D eigenvalue weighted by molar-refractivity contribution is 7.99. The minimum absolute atomic E-state index is 0.0361. The Kier molecular flexibility index (Phi) is 6.19. The summed E-state index contributed by atoms with van der Waals surface area (Å²) < 4.78 is 1.48. The molecule has 0 fully saturated rings. The number of aromatic nitrogens is 5. The molecule has 0 aliphatic rings. The Labute approximate surface area is 185 Å². The van der Waals surface area contributed by atoms with E-state index in [1.807, 2.05) is 24.3 Å². The molecule has 0 aliphatic carbocycles. The number of carboxylic acids is 1. The summed E-state index contributed by atoms with van der Waals surface area (Å²) in [5.74, 6) is -1.57. The number of hydrogen-bond donors (Lipinski definition) is 3. The van der Waals surface area contributed by atoms with E-state index in [1.54, 1.807) is 30.5 Å². The number of aromatic amines is 1. The third-order valence-corrected chi connectivity index (χ3v) is 5.75. The molecule has 4 aromatic rings. The van der Waals surface area contributed by atoms with Gasteiger partial charge in [0, 0.05) is 28.5 Å². The second-order valence-corrected chi connectivity index (χ2v) is 8.04. The molecule has 0 radical (unpaired) electrons. The number of benzene rings is 2. The molecule has 0 spiro atoms. The maximum atomic E-state index is 12.4. The number of halogens is 1. The zero-order valence-electron chi connectivity index (χ0n) is 16.0. The monoisotopic (exact) mass is 456 g/mol. The maximum absolute atomic E-state index is 12.4. The number of nitrogens with one attached hydrogen (secondary N) is 2. The zero-order valence-corrected chi connectivity index (χ0v) is 17.6. The molecule has 1 amide bonds. The number of rotatable bonds is 8. The molecule has 4 rings (SSSR count). The molecule has 2 heterocycles. The normalized spacial score (nSPS) is 12.0. The van der Waals surface area contributed by atoms with Gasteiger partial charge in [-0.3, -0.25) is 4.79 Å². The number of amides is 1. The Balaban J connectivity index is 1.40. The molecule has 3 N–H and O–H groups in total. The van der Waals surface area contributed by atoms with E-state index in [-0.39, 0.29) is 12.2 Å². The molecule has 11 heteroatoms. The van der Waals surface area contributed by atoms with Gasteiger partial charge in [-0.05, 0) is 46.3 Å². The SMILES string of the molecule is O=C(CSc1nnnn1-c1ccc(Cl)cc1)N[C@@H](Cc1c[nH]c2ccccc12)C(=O)O. The van der Waals surface area contributed by atoms with Crippen LogP contribution in [0.25, 0.3) is 16.6 Å². The molecule has 0 saturated heterocycles. The average Bonchev–Trinajstić information content (AvgIpc) is 3.39. The summed E-state index contributed by atoms with van der Waals surface area (Å²) in [6.45, 7) is 0. The fourth-order valence-corrected chi connectivity index (χ4v) is 3.93. The third kappa shape index (κ3) is 4.86. The fourth-order valence-electron chi connectivity index (χ4n) is 3.10. The van der Waals surface area contributed by atoms with Gasteiger partial charge in [0.2, 0.25) is 11.1 Å². The summed E-state index contributed by atoms with van der Waals surface area (Å²) in [4.78, 5) is 27.3. The predicted molar refractivity (Wildman–Crippen MR) is 116 cm³/mol. The summed E-state index contributed by atoms with van der Waals surface area (Å²) in [5.41, 5.74) is 2.43. The molecular formula is C20H17ClN6O3S. The lowest BCUT2D eigenvalue weighted by molar-refractivity contribution is -0.141. The van der Waals surface area contributed by atoms with Crippen LogP contribution in [0.3, 0.4) is 0 Å². The quantitative estimate of drug-likeness (QED) is 0.348. The Bertz CT molecular complexity index is 1220. The lowest BCUT2D eigenvalue weighted by atomic mass is 10.1. The number of thioether (sulfide) groups is 1. The Hall–Kier alpha value is -3.37. The zero-order chi connectivity index (χ0) is 21.8. The van der Waals surface area contributed by atoms with E-state index < -0.39 is 17.9 Å². The van der Waals surface area contributed by atoms with E-state index in [0.717, 1.165) is 28.2 Å². The summed E-state index contributed by atoms with van der Waals surface area (Å²) in [6.07, 6.45) is 1.93. The first-order valence-electron chi connectivity index (χ1n) is 9.25. The minimum Gasteiger partial charge on any atom is -0.480 e. The molecule has 2 aromatic heterocycles. The number of hydrogen-bond acceptors (Lipinski definition) is 6. The van der Waals surface area contributed by atoms with Crippen molar-refractivity contribution in [1.29, 1.82) is 0 Å². The number of tetrazole rings is 1. The van der Waals surface area contributed by atoms with E-state index in [0.29, 0.717) is 15.9 Å². The first-order chi connectivity index (χ1) is 15.0. The third-order valence-electron chi connectivity index (χ3n) is 4.58. The molecule has 1 atom stereocenters. The number of fused-ring (bicyclic) bond motifs is 1. The first-order valence-corrected chi connectivity index (χ1v) is 10.6. The van der Waals surface area contributed by atoms with Crippen molar-refractivity contribution in [3.8, 4) is 5.69 Å². The van der Waals surface area contributed by atoms with Crippen molar-refractivity contribution >= 4 is 46.1 Å². The van der Waals surface area contributed by atoms with Gasteiger partial charge in [0.15, 0.2) is 0 Å². The van der Waals surface area contributed by atoms with Gasteiger partial charge in [0.1, 0.15) is 6.04 Å². The van der Waals surface area contributed by atoms with E-state index in [1.165, 1.54) is 4.68 Å². The van der Waals surface area contributed by atoms with E-state index in [2.05, 4.69) is 25.8 Å². The standard InChI is InChI=1S/C20H17ClN6O3S/c21-13-5-7-14(8-6-13)27-20(24-25-26-27)31-11-18(28)23-17(19(29)30)9-12-10-22-16-4-2-1-3-15(12)16/h1-8,10,17,22H,9,11H2,(H,23,28)(H,29,30)/t17-/m0/s1. The van der Waals surface area contributed by atoms with Crippen LogP contribution < -0.4 is 5.32 Å². The summed E-state index contributed by atoms with van der Waals surface area (Å²) in [6, 6.07) is 13.5. The number of carbonyl (C=O) groups is 2. The molecule has 158 valence electrons. The van der Waals surface area contributed by atoms with Crippen LogP contribution in [0.15, 0.2) is 59.9 Å². The molecule has 0 unspecified atom stereocenters. The summed E-state index contributed by atoms with van der Waals surface area (Å²) >= 11 is 7.01. The van der Waals surface area contributed by atoms with Crippen molar-refractivity contribution in [2.75, 3.05) is 5.75 Å². The van der Waals surface area contributed by atoms with Crippen LogP contribution in [0.2, 0.25) is 5.02 Å². The highest BCUT2D eigenvalue weighted by Crippen LogP contribution is 2.21. The summed E-state index contributed by atoms with van der Waals surface area (Å²) in [5, 5.41) is 25.6. The van der Waals surface area contributed by atoms with Crippen molar-refractivity contribution < 1.29 is 14.7 Å². The van der Waals surface area contributed by atoms with Gasteiger partial charge in [-0.2, -0.15) is 4.68 Å². The van der Waals surface area contributed by atoms with Crippen molar-refractivity contribution in [2.45, 2.75) is 17.6 Å². The van der Waals surface area contributed by atoms with Crippen molar-refractivity contribution in [1.82, 2.24) is 30.5 Å². The predicted octanol–water partition coefficient (Wildman–Crippen LogP) is 2.70. The van der Waals surface area contributed by atoms with Crippen molar-refractivity contribution in [3.63, 3.8) is 0 Å². The van der Waals surface area contributed by atoms with E-state index >= 15 is 0 Å². The van der Waals surface area contributed by atoms with Gasteiger partial charge >= 0.3 is 5.97 Å². The maximum Gasteiger partial charge on any atom is 0.326 e. The molecule has 2 aromatic carbocycles. The number of carboxylic acid groups (broad SMARTS) is 1. The Morgan fingerprint density at radius 1 is 1.19 bits per heavy atom. The van der Waals surface area contributed by atoms with Crippen LogP contribution in [0.1, 0.15) is 5.56 Å². The minimum atomic E-state index is -1.10. The molecule has 31 heavy (non-hydrogen) atoms. The first kappa shape index (κ1) is 20.9. The topological polar surface area (TPSA) is 126 Å². The van der Waals surface area contributed by atoms with Crippen LogP contribution in [0.5, 0.6) is 0 Å². The van der Waals surface area contributed by atoms with Gasteiger partial charge in [0.25, 0.3) is 0 Å². The van der Waals surface area contributed by atoms with Gasteiger partial charge in [0.05, 0.1) is 11.4 Å². The number of H-pyrrole nitrogens is 1. The highest BCUT2D eigenvalue weighted by atomic mass is 35.5. The molecular weight excluding hydrogens is 440 g/mol. The number of aliphatic carboxylic acids is 1. The second kappa shape index (κ2) is 9.19. The van der Waals surface area contributed by atoms with Gasteiger partial charge in [-0.15, -0.1) is 5.10 Å². The van der Waals surface area contributed by atoms with Crippen LogP contribution >= 0.6 is 23.4 Å². The molecule has 9 nitrogen and oxygen atoms in total. The van der Waals surface area contributed by atoms with Crippen molar-refractivity contribution in [2.24, 2.45) is 0 Å². The van der Waals surface area contributed by atoms with E-state index in [4.69, 9.17) is 11.6 Å². The average molecular weight is 457 g/mol. The molecule has 0 bridgehead atoms. The fraction of sp³-hybridized carbons (Fsp3) is 0.150. The van der Waals surface area contributed by atoms with Gasteiger partial charge in [-0.1, -0.05) is 41.6 Å². The second-order valence-electron chi connectivity index (χ2n) is 6.66. The lowest BCUT2D eigenvalue weighted by Crippen LogP contribution is -2.43. The van der Waals surface area contributed by atoms with Gasteiger partial charge < -0.3 is 15.4 Å². The largest absolute Gasteiger partial charge is 0.480 e. The highest BCUT2D eigenvalue weighted by Gasteiger charge is 2.22. The van der Waals surface area contributed by atoms with Crippen molar-refractivity contribution in [3.05, 3.63) is 65.3 Å². The van der Waals surface area contributed by atoms with Crippen LogP contribution in [-0.4, -0.2) is 54.0 Å². The summed E-state index contributed by atoms with van der Waals surface area (Å²) in [7, 11) is 0. The number of para-hydroxylation sites is 1. The number of nitrogens with zero attached hydrogens (tertiary/aromatic N) is 4.